The SMILES string of the molecule is CCOc1ccccc1N(CC(=O)N(Cc1ccc(F)cc1)[C@H](C)C(=O)NC(C)C)S(=O)(=O)c1ccc(Cl)cc1. The number of hydrogen-bond acceptors (Lipinski definition) is 5. The number of amides is 2. The van der Waals surface area contributed by atoms with Crippen molar-refractivity contribution in [1.82, 2.24) is 10.2 Å². The van der Waals surface area contributed by atoms with Crippen LogP contribution < -0.4 is 14.4 Å². The molecular weight excluding hydrogens is 557 g/mol. The summed E-state index contributed by atoms with van der Waals surface area (Å²) in [6.45, 7) is 6.50. The molecule has 0 saturated heterocycles. The van der Waals surface area contributed by atoms with Crippen LogP contribution in [-0.2, 0) is 26.2 Å². The number of hydrogen-bond donors (Lipinski definition) is 1. The van der Waals surface area contributed by atoms with E-state index in [4.69, 9.17) is 16.3 Å². The minimum Gasteiger partial charge on any atom is -0.492 e. The number of halogens is 2. The summed E-state index contributed by atoms with van der Waals surface area (Å²) in [4.78, 5) is 28.1. The largest absolute Gasteiger partial charge is 0.492 e. The predicted molar refractivity (Wildman–Crippen MR) is 153 cm³/mol. The fourth-order valence-electron chi connectivity index (χ4n) is 3.96. The summed E-state index contributed by atoms with van der Waals surface area (Å²) in [5.41, 5.74) is 0.731. The zero-order valence-electron chi connectivity index (χ0n) is 22.8. The van der Waals surface area contributed by atoms with E-state index in [2.05, 4.69) is 5.32 Å². The van der Waals surface area contributed by atoms with Gasteiger partial charge in [0.1, 0.15) is 24.2 Å². The highest BCUT2D eigenvalue weighted by atomic mass is 35.5. The first-order chi connectivity index (χ1) is 18.9. The Morgan fingerprint density at radius 1 is 0.975 bits per heavy atom. The van der Waals surface area contributed by atoms with Crippen molar-refractivity contribution in [3.05, 3.63) is 89.2 Å². The second kappa shape index (κ2) is 13.6. The van der Waals surface area contributed by atoms with Gasteiger partial charge in [0.25, 0.3) is 10.0 Å². The topological polar surface area (TPSA) is 96.0 Å². The molecule has 0 spiro atoms. The molecule has 0 bridgehead atoms. The van der Waals surface area contributed by atoms with Crippen LogP contribution >= 0.6 is 11.6 Å². The Labute approximate surface area is 239 Å². The molecule has 214 valence electrons. The number of ether oxygens (including phenoxy) is 1. The van der Waals surface area contributed by atoms with Crippen LogP contribution in [0, 0.1) is 5.82 Å². The molecule has 40 heavy (non-hydrogen) atoms. The zero-order chi connectivity index (χ0) is 29.4. The van der Waals surface area contributed by atoms with Crippen LogP contribution in [0.5, 0.6) is 5.75 Å². The fraction of sp³-hybridized carbons (Fsp3) is 0.310. The van der Waals surface area contributed by atoms with Crippen molar-refractivity contribution in [3.63, 3.8) is 0 Å². The van der Waals surface area contributed by atoms with E-state index in [0.717, 1.165) is 4.31 Å². The van der Waals surface area contributed by atoms with E-state index in [1.165, 1.54) is 53.4 Å². The smallest absolute Gasteiger partial charge is 0.264 e. The lowest BCUT2D eigenvalue weighted by Gasteiger charge is -2.32. The molecule has 0 heterocycles. The van der Waals surface area contributed by atoms with Crippen molar-refractivity contribution in [3.8, 4) is 5.75 Å². The first-order valence-corrected chi connectivity index (χ1v) is 14.6. The van der Waals surface area contributed by atoms with Gasteiger partial charge in [-0.25, -0.2) is 12.8 Å². The fourth-order valence-corrected chi connectivity index (χ4v) is 5.51. The molecule has 3 rings (SSSR count). The molecule has 1 atom stereocenters. The van der Waals surface area contributed by atoms with Gasteiger partial charge in [-0.2, -0.15) is 0 Å². The summed E-state index contributed by atoms with van der Waals surface area (Å²) < 4.78 is 48.1. The number of benzene rings is 3. The molecule has 0 saturated carbocycles. The third-order valence-electron chi connectivity index (χ3n) is 5.98. The summed E-state index contributed by atoms with van der Waals surface area (Å²) in [5.74, 6) is -1.22. The number of rotatable bonds is 12. The summed E-state index contributed by atoms with van der Waals surface area (Å²) in [6, 6.07) is 16.5. The number of nitrogens with one attached hydrogen (secondary N) is 1. The summed E-state index contributed by atoms with van der Waals surface area (Å²) in [6.07, 6.45) is 0. The van der Waals surface area contributed by atoms with Crippen LogP contribution in [0.25, 0.3) is 0 Å². The molecule has 0 aliphatic heterocycles. The molecule has 1 N–H and O–H groups in total. The molecule has 3 aromatic rings. The number of carbonyl (C=O) groups is 2. The van der Waals surface area contributed by atoms with Gasteiger partial charge in [0.05, 0.1) is 17.2 Å². The van der Waals surface area contributed by atoms with Gasteiger partial charge >= 0.3 is 0 Å². The van der Waals surface area contributed by atoms with Crippen molar-refractivity contribution < 1.29 is 27.1 Å². The van der Waals surface area contributed by atoms with E-state index >= 15 is 0 Å². The van der Waals surface area contributed by atoms with E-state index in [-0.39, 0.29) is 35.5 Å². The second-order valence-corrected chi connectivity index (χ2v) is 11.7. The maximum atomic E-state index is 13.9. The molecule has 0 aliphatic rings. The average Bonchev–Trinajstić information content (AvgIpc) is 2.91. The summed E-state index contributed by atoms with van der Waals surface area (Å²) in [5, 5.41) is 3.14. The Morgan fingerprint density at radius 2 is 1.60 bits per heavy atom. The molecule has 3 aromatic carbocycles. The zero-order valence-corrected chi connectivity index (χ0v) is 24.4. The van der Waals surface area contributed by atoms with Gasteiger partial charge in [-0.1, -0.05) is 35.9 Å². The van der Waals surface area contributed by atoms with Crippen LogP contribution in [0.3, 0.4) is 0 Å². The quantitative estimate of drug-likeness (QED) is 0.320. The lowest BCUT2D eigenvalue weighted by Crippen LogP contribution is -2.52. The Morgan fingerprint density at radius 3 is 2.20 bits per heavy atom. The lowest BCUT2D eigenvalue weighted by molar-refractivity contribution is -0.139. The maximum absolute atomic E-state index is 13.9. The predicted octanol–water partition coefficient (Wildman–Crippen LogP) is 5.02. The van der Waals surface area contributed by atoms with Crippen LogP contribution in [0.2, 0.25) is 5.02 Å². The molecule has 11 heteroatoms. The number of sulfonamides is 1. The average molecular weight is 590 g/mol. The van der Waals surface area contributed by atoms with Crippen LogP contribution in [0.15, 0.2) is 77.7 Å². The molecule has 0 fully saturated rings. The molecule has 2 amide bonds. The number of para-hydroxylation sites is 2. The Balaban J connectivity index is 2.08. The first kappa shape index (κ1) is 30.9. The normalized spacial score (nSPS) is 12.1. The number of anilines is 1. The van der Waals surface area contributed by atoms with Gasteiger partial charge in [-0.3, -0.25) is 13.9 Å². The van der Waals surface area contributed by atoms with E-state index in [1.807, 2.05) is 0 Å². The molecule has 0 aromatic heterocycles. The standard InChI is InChI=1S/C29H33ClFN3O5S/c1-5-39-27-9-7-6-8-26(27)34(40(37,38)25-16-12-23(30)13-17-25)19-28(35)33(21(4)29(36)32-20(2)3)18-22-10-14-24(31)15-11-22/h6-17,20-21H,5,18-19H2,1-4H3,(H,32,36)/t21-/m1/s1. The summed E-state index contributed by atoms with van der Waals surface area (Å²) in [7, 11) is -4.29. The Bertz CT molecular complexity index is 1420. The van der Waals surface area contributed by atoms with Crippen molar-refractivity contribution >= 4 is 39.1 Å². The Hall–Kier alpha value is -3.63. The van der Waals surface area contributed by atoms with Gasteiger partial charge in [0, 0.05) is 17.6 Å². The van der Waals surface area contributed by atoms with E-state index in [1.54, 1.807) is 52.0 Å². The number of nitrogens with zero attached hydrogens (tertiary/aromatic N) is 2. The van der Waals surface area contributed by atoms with Crippen LogP contribution in [0.4, 0.5) is 10.1 Å². The van der Waals surface area contributed by atoms with E-state index in [0.29, 0.717) is 10.6 Å². The molecular formula is C29H33ClFN3O5S. The van der Waals surface area contributed by atoms with Crippen molar-refractivity contribution in [2.45, 2.75) is 51.2 Å². The lowest BCUT2D eigenvalue weighted by atomic mass is 10.1. The molecule has 8 nitrogen and oxygen atoms in total. The monoisotopic (exact) mass is 589 g/mol. The number of carbonyl (C=O) groups excluding carboxylic acids is 2. The minimum absolute atomic E-state index is 0.0479. The third kappa shape index (κ3) is 7.73. The minimum atomic E-state index is -4.29. The van der Waals surface area contributed by atoms with Crippen molar-refractivity contribution in [2.75, 3.05) is 17.5 Å². The highest BCUT2D eigenvalue weighted by molar-refractivity contribution is 7.92. The third-order valence-corrected chi connectivity index (χ3v) is 8.00. The Kier molecular flexibility index (Phi) is 10.5. The second-order valence-electron chi connectivity index (χ2n) is 9.35. The highest BCUT2D eigenvalue weighted by Crippen LogP contribution is 2.33. The molecule has 0 radical (unpaired) electrons. The van der Waals surface area contributed by atoms with Gasteiger partial charge in [0.15, 0.2) is 0 Å². The van der Waals surface area contributed by atoms with Crippen molar-refractivity contribution in [2.24, 2.45) is 0 Å². The van der Waals surface area contributed by atoms with Gasteiger partial charge in [-0.05, 0) is 81.8 Å². The van der Waals surface area contributed by atoms with Crippen molar-refractivity contribution in [1.29, 1.82) is 0 Å². The van der Waals surface area contributed by atoms with Gasteiger partial charge in [0.2, 0.25) is 11.8 Å². The highest BCUT2D eigenvalue weighted by Gasteiger charge is 2.34. The molecule has 0 unspecified atom stereocenters. The van der Waals surface area contributed by atoms with E-state index < -0.39 is 40.2 Å². The summed E-state index contributed by atoms with van der Waals surface area (Å²) >= 11 is 5.99. The van der Waals surface area contributed by atoms with Crippen LogP contribution in [-0.4, -0.2) is 50.4 Å². The van der Waals surface area contributed by atoms with E-state index in [9.17, 15) is 22.4 Å². The molecule has 0 aliphatic carbocycles. The maximum Gasteiger partial charge on any atom is 0.264 e. The van der Waals surface area contributed by atoms with Gasteiger partial charge < -0.3 is 15.0 Å². The van der Waals surface area contributed by atoms with Crippen LogP contribution in [0.1, 0.15) is 33.3 Å². The first-order valence-electron chi connectivity index (χ1n) is 12.8. The van der Waals surface area contributed by atoms with Gasteiger partial charge in [-0.15, -0.1) is 0 Å².